The number of esters is 1. The fourth-order valence-electron chi connectivity index (χ4n) is 4.54. The first-order chi connectivity index (χ1) is 16.8. The van der Waals surface area contributed by atoms with Crippen molar-refractivity contribution in [1.82, 2.24) is 9.80 Å². The van der Waals surface area contributed by atoms with Crippen LogP contribution in [0, 0.1) is 11.7 Å². The van der Waals surface area contributed by atoms with Gasteiger partial charge in [-0.05, 0) is 57.8 Å². The summed E-state index contributed by atoms with van der Waals surface area (Å²) >= 11 is 1.33. The zero-order valence-electron chi connectivity index (χ0n) is 21.8. The van der Waals surface area contributed by atoms with Crippen LogP contribution in [-0.4, -0.2) is 71.8 Å². The number of hydrogen-bond donors (Lipinski definition) is 0. The monoisotopic (exact) mass is 576 g/mol. The number of ketones is 1. The van der Waals surface area contributed by atoms with Crippen molar-refractivity contribution in [2.75, 3.05) is 39.8 Å². The second kappa shape index (κ2) is 16.5. The van der Waals surface area contributed by atoms with Crippen molar-refractivity contribution in [3.63, 3.8) is 0 Å². The van der Waals surface area contributed by atoms with Crippen LogP contribution in [0.4, 0.5) is 4.39 Å². The molecule has 208 valence electrons. The Kier molecular flexibility index (Phi) is 15.0. The van der Waals surface area contributed by atoms with Gasteiger partial charge in [0.05, 0.1) is 12.6 Å². The Balaban J connectivity index is 0.00000342. The zero-order chi connectivity index (χ0) is 25.4. The predicted octanol–water partition coefficient (Wildman–Crippen LogP) is 5.25. The van der Waals surface area contributed by atoms with E-state index in [2.05, 4.69) is 15.9 Å². The molecule has 10 heteroatoms. The van der Waals surface area contributed by atoms with Gasteiger partial charge in [0.2, 0.25) is 0 Å². The summed E-state index contributed by atoms with van der Waals surface area (Å²) in [5.74, 6) is -0.414. The summed E-state index contributed by atoms with van der Waals surface area (Å²) in [5, 5.41) is 0.117. The van der Waals surface area contributed by atoms with Crippen LogP contribution >= 0.6 is 36.6 Å². The minimum atomic E-state index is -0.599. The summed E-state index contributed by atoms with van der Waals surface area (Å²) < 4.78 is 19.8. The molecule has 0 bridgehead atoms. The molecule has 1 aromatic rings. The number of likely N-dealkylation sites (N-methyl/N-ethyl adjacent to an activating group) is 1. The maximum atomic E-state index is 14.8. The second-order valence-corrected chi connectivity index (χ2v) is 10.8. The number of benzene rings is 1. The van der Waals surface area contributed by atoms with E-state index in [-0.39, 0.29) is 58.7 Å². The fraction of sp³-hybridized carbons (Fsp3) is 0.593. The smallest absolute Gasteiger partial charge is 0.305 e. The van der Waals surface area contributed by atoms with Crippen LogP contribution in [0.5, 0.6) is 0 Å². The van der Waals surface area contributed by atoms with Gasteiger partial charge >= 0.3 is 5.97 Å². The van der Waals surface area contributed by atoms with Gasteiger partial charge in [-0.3, -0.25) is 19.3 Å². The molecule has 0 amide bonds. The van der Waals surface area contributed by atoms with Crippen molar-refractivity contribution in [3.05, 3.63) is 47.3 Å². The molecule has 1 heterocycles. The van der Waals surface area contributed by atoms with Gasteiger partial charge in [0.15, 0.2) is 10.9 Å². The normalized spacial score (nSPS) is 19.6. The molecule has 2 aliphatic rings. The van der Waals surface area contributed by atoms with E-state index in [9.17, 15) is 18.8 Å². The average molecular weight is 578 g/mol. The molecule has 1 saturated heterocycles. The van der Waals surface area contributed by atoms with Gasteiger partial charge in [-0.25, -0.2) is 4.39 Å². The quantitative estimate of drug-likeness (QED) is 0.249. The van der Waals surface area contributed by atoms with E-state index in [0.717, 1.165) is 31.4 Å². The fourth-order valence-corrected chi connectivity index (χ4v) is 5.49. The number of hydrogen-bond acceptors (Lipinski definition) is 7. The summed E-state index contributed by atoms with van der Waals surface area (Å²) in [6, 6.07) is 5.97. The predicted molar refractivity (Wildman–Crippen MR) is 151 cm³/mol. The average Bonchev–Trinajstić information content (AvgIpc) is 3.66. The lowest BCUT2D eigenvalue weighted by Gasteiger charge is -2.38. The maximum Gasteiger partial charge on any atom is 0.305 e. The molecule has 1 aromatic carbocycles. The molecule has 1 aliphatic carbocycles. The number of nitrogens with zero attached hydrogens (tertiary/aromatic N) is 2. The van der Waals surface area contributed by atoms with E-state index in [4.69, 9.17) is 4.74 Å². The second-order valence-electron chi connectivity index (χ2n) is 9.41. The molecule has 1 saturated carbocycles. The number of rotatable bonds is 12. The summed E-state index contributed by atoms with van der Waals surface area (Å²) in [6.45, 7) is 6.34. The lowest BCUT2D eigenvalue weighted by Crippen LogP contribution is -2.43. The van der Waals surface area contributed by atoms with Gasteiger partial charge in [-0.1, -0.05) is 36.0 Å². The molecule has 0 spiro atoms. The van der Waals surface area contributed by atoms with Gasteiger partial charge in [0.1, 0.15) is 5.82 Å². The van der Waals surface area contributed by atoms with E-state index in [0.29, 0.717) is 44.6 Å². The number of halogens is 3. The molecule has 37 heavy (non-hydrogen) atoms. The molecular weight excluding hydrogens is 538 g/mol. The Hall–Kier alpha value is -1.45. The first kappa shape index (κ1) is 33.6. The standard InChI is InChI=1S/C27H37FN2O4S.2ClH/c1-4-34-25(32)10-7-15-29(3)16-13-21-18-30(17-14-24(21)35-19(2)31)26(27(33)20-11-12-20)22-8-5-6-9-23(22)28;;/h5-6,8-9,13,20,24,26H,4,7,10-12,14-18H2,1-3H3;2*1H/b21-13-;;. The van der Waals surface area contributed by atoms with E-state index < -0.39 is 6.04 Å². The Bertz CT molecular complexity index is 945. The zero-order valence-corrected chi connectivity index (χ0v) is 24.3. The number of thioether (sulfide) groups is 1. The molecule has 0 N–H and O–H groups in total. The lowest BCUT2D eigenvalue weighted by atomic mass is 9.93. The van der Waals surface area contributed by atoms with E-state index in [1.807, 2.05) is 7.05 Å². The molecule has 2 fully saturated rings. The van der Waals surface area contributed by atoms with Crippen molar-refractivity contribution >= 4 is 53.4 Å². The van der Waals surface area contributed by atoms with Crippen molar-refractivity contribution < 1.29 is 23.5 Å². The summed E-state index contributed by atoms with van der Waals surface area (Å²) in [5.41, 5.74) is 1.54. The van der Waals surface area contributed by atoms with Gasteiger partial charge in [-0.2, -0.15) is 0 Å². The number of ether oxygens (including phenoxy) is 1. The van der Waals surface area contributed by atoms with E-state index in [1.54, 1.807) is 32.0 Å². The number of carbonyl (C=O) groups is 3. The Morgan fingerprint density at radius 1 is 1.22 bits per heavy atom. The van der Waals surface area contributed by atoms with Crippen LogP contribution in [-0.2, 0) is 19.1 Å². The molecule has 2 unspecified atom stereocenters. The maximum absolute atomic E-state index is 14.8. The minimum Gasteiger partial charge on any atom is -0.466 e. The van der Waals surface area contributed by atoms with Crippen LogP contribution in [0.2, 0.25) is 0 Å². The van der Waals surface area contributed by atoms with Crippen LogP contribution < -0.4 is 0 Å². The SMILES string of the molecule is CCOC(=O)CCCN(C)C/C=C1/CN(C(C(=O)C2CC2)c2ccccc2F)CCC1SC(C)=O.Cl.Cl. The minimum absolute atomic E-state index is 0. The first-order valence-corrected chi connectivity index (χ1v) is 13.4. The first-order valence-electron chi connectivity index (χ1n) is 12.5. The molecule has 3 rings (SSSR count). The largest absolute Gasteiger partial charge is 0.466 e. The summed E-state index contributed by atoms with van der Waals surface area (Å²) in [6.07, 6.45) is 5.71. The highest BCUT2D eigenvalue weighted by molar-refractivity contribution is 8.14. The molecule has 1 aliphatic heterocycles. The number of likely N-dealkylation sites (tertiary alicyclic amines) is 1. The van der Waals surface area contributed by atoms with Crippen molar-refractivity contribution in [3.8, 4) is 0 Å². The van der Waals surface area contributed by atoms with Crippen LogP contribution in [0.15, 0.2) is 35.9 Å². The van der Waals surface area contributed by atoms with Crippen LogP contribution in [0.1, 0.15) is 57.6 Å². The van der Waals surface area contributed by atoms with Crippen molar-refractivity contribution in [1.29, 1.82) is 0 Å². The van der Waals surface area contributed by atoms with Gasteiger partial charge in [0.25, 0.3) is 0 Å². The van der Waals surface area contributed by atoms with E-state index >= 15 is 0 Å². The summed E-state index contributed by atoms with van der Waals surface area (Å²) in [4.78, 5) is 41.0. The number of piperidine rings is 1. The van der Waals surface area contributed by atoms with Gasteiger partial charge in [0, 0.05) is 49.7 Å². The molecule has 2 atom stereocenters. The third-order valence-corrected chi connectivity index (χ3v) is 7.65. The number of carbonyl (C=O) groups excluding carboxylic acids is 3. The van der Waals surface area contributed by atoms with Crippen LogP contribution in [0.25, 0.3) is 0 Å². The highest BCUT2D eigenvalue weighted by Crippen LogP contribution is 2.40. The third-order valence-electron chi connectivity index (χ3n) is 6.49. The highest BCUT2D eigenvalue weighted by atomic mass is 35.5. The van der Waals surface area contributed by atoms with Crippen LogP contribution in [0.3, 0.4) is 0 Å². The van der Waals surface area contributed by atoms with Gasteiger partial charge in [-0.15, -0.1) is 24.8 Å². The summed E-state index contributed by atoms with van der Waals surface area (Å²) in [7, 11) is 1.99. The van der Waals surface area contributed by atoms with E-state index in [1.165, 1.54) is 17.8 Å². The Morgan fingerprint density at radius 2 is 1.92 bits per heavy atom. The molecule has 6 nitrogen and oxygen atoms in total. The lowest BCUT2D eigenvalue weighted by molar-refractivity contribution is -0.143. The Labute approximate surface area is 236 Å². The van der Waals surface area contributed by atoms with Crippen molar-refractivity contribution in [2.45, 2.75) is 57.2 Å². The molecule has 0 radical (unpaired) electrons. The van der Waals surface area contributed by atoms with Crippen molar-refractivity contribution in [2.24, 2.45) is 5.92 Å². The third kappa shape index (κ3) is 10.3. The topological polar surface area (TPSA) is 66.9 Å². The molecule has 0 aromatic heterocycles. The molecular formula is C27H39Cl2FN2O4S. The van der Waals surface area contributed by atoms with Gasteiger partial charge < -0.3 is 9.64 Å². The number of Topliss-reactive ketones (excluding diaryl/α,β-unsaturated/α-hetero) is 1. The highest BCUT2D eigenvalue weighted by Gasteiger charge is 2.41. The Morgan fingerprint density at radius 3 is 2.54 bits per heavy atom.